The second-order valence-electron chi connectivity index (χ2n) is 6.31. The van der Waals surface area contributed by atoms with Crippen LogP contribution in [0.1, 0.15) is 31.0 Å². The fourth-order valence-corrected chi connectivity index (χ4v) is 2.98. The van der Waals surface area contributed by atoms with Gasteiger partial charge in [0, 0.05) is 36.2 Å². The predicted octanol–water partition coefficient (Wildman–Crippen LogP) is 1.31. The lowest BCUT2D eigenvalue weighted by atomic mass is 10.1. The molecule has 1 aromatic carbocycles. The van der Waals surface area contributed by atoms with Crippen LogP contribution in [0.15, 0.2) is 48.8 Å². The Morgan fingerprint density at radius 2 is 1.92 bits per heavy atom. The molecule has 0 saturated carbocycles. The number of aromatic nitrogens is 1. The van der Waals surface area contributed by atoms with Gasteiger partial charge in [-0.05, 0) is 31.5 Å². The van der Waals surface area contributed by atoms with Gasteiger partial charge in [0.05, 0.1) is 0 Å². The first-order chi connectivity index (χ1) is 12.5. The van der Waals surface area contributed by atoms with Crippen LogP contribution in [-0.2, 0) is 20.9 Å². The van der Waals surface area contributed by atoms with Gasteiger partial charge in [-0.25, -0.2) is 0 Å². The lowest BCUT2D eigenvalue weighted by Gasteiger charge is -2.22. The minimum Gasteiger partial charge on any atom is -0.344 e. The predicted molar refractivity (Wildman–Crippen MR) is 96.0 cm³/mol. The molecule has 7 heteroatoms. The highest BCUT2D eigenvalue weighted by molar-refractivity contribution is 6.35. The monoisotopic (exact) mass is 352 g/mol. The number of para-hydroxylation sites is 1. The van der Waals surface area contributed by atoms with Crippen LogP contribution in [-0.4, -0.2) is 28.7 Å². The van der Waals surface area contributed by atoms with E-state index < -0.39 is 17.9 Å². The molecule has 1 aromatic heterocycles. The van der Waals surface area contributed by atoms with Gasteiger partial charge in [-0.3, -0.25) is 19.4 Å². The zero-order valence-corrected chi connectivity index (χ0v) is 14.6. The molecule has 1 aliphatic heterocycles. The van der Waals surface area contributed by atoms with E-state index in [0.717, 1.165) is 11.3 Å². The Labute approximate surface area is 151 Å². The van der Waals surface area contributed by atoms with Crippen molar-refractivity contribution in [3.63, 3.8) is 0 Å². The van der Waals surface area contributed by atoms with Crippen molar-refractivity contribution >= 4 is 23.4 Å². The van der Waals surface area contributed by atoms with Gasteiger partial charge in [0.15, 0.2) is 0 Å². The minimum absolute atomic E-state index is 0.0510. The molecule has 2 heterocycles. The van der Waals surface area contributed by atoms with Crippen molar-refractivity contribution < 1.29 is 14.4 Å². The third-order valence-corrected chi connectivity index (χ3v) is 4.17. The summed E-state index contributed by atoms with van der Waals surface area (Å²) in [5, 5.41) is 5.08. The first-order valence-corrected chi connectivity index (χ1v) is 8.38. The highest BCUT2D eigenvalue weighted by atomic mass is 16.2. The number of carbonyl (C=O) groups is 3. The maximum atomic E-state index is 12.7. The van der Waals surface area contributed by atoms with Crippen LogP contribution in [0.2, 0.25) is 0 Å². The van der Waals surface area contributed by atoms with Crippen molar-refractivity contribution in [1.82, 2.24) is 15.6 Å². The molecule has 0 spiro atoms. The quantitative estimate of drug-likeness (QED) is 0.812. The smallest absolute Gasteiger partial charge is 0.310 e. The molecule has 0 radical (unpaired) electrons. The van der Waals surface area contributed by atoms with E-state index in [2.05, 4.69) is 15.6 Å². The summed E-state index contributed by atoms with van der Waals surface area (Å²) in [6, 6.07) is 9.90. The summed E-state index contributed by atoms with van der Waals surface area (Å²) in [5.41, 5.74) is 2.23. The molecule has 0 bridgehead atoms. The molecule has 0 fully saturated rings. The number of nitrogens with one attached hydrogen (secondary N) is 2. The Bertz CT molecular complexity index is 836. The number of carbonyl (C=O) groups excluding carboxylic acids is 3. The maximum Gasteiger partial charge on any atom is 0.310 e. The first-order valence-electron chi connectivity index (χ1n) is 8.38. The second kappa shape index (κ2) is 7.35. The zero-order valence-electron chi connectivity index (χ0n) is 14.6. The van der Waals surface area contributed by atoms with Gasteiger partial charge >= 0.3 is 11.8 Å². The Hall–Kier alpha value is -3.22. The Kier molecular flexibility index (Phi) is 4.97. The largest absolute Gasteiger partial charge is 0.344 e. The molecule has 2 N–H and O–H groups in total. The fourth-order valence-electron chi connectivity index (χ4n) is 2.98. The van der Waals surface area contributed by atoms with E-state index in [-0.39, 0.29) is 18.5 Å². The minimum atomic E-state index is -0.856. The highest BCUT2D eigenvalue weighted by Crippen LogP contribution is 2.36. The van der Waals surface area contributed by atoms with Crippen LogP contribution < -0.4 is 15.5 Å². The first kappa shape index (κ1) is 17.6. The molecule has 1 unspecified atom stereocenters. The molecule has 2 aromatic rings. The van der Waals surface area contributed by atoms with Crippen LogP contribution in [0, 0.1) is 0 Å². The molecular formula is C19H20N4O3. The van der Waals surface area contributed by atoms with Gasteiger partial charge in [-0.1, -0.05) is 24.3 Å². The molecule has 7 nitrogen and oxygen atoms in total. The summed E-state index contributed by atoms with van der Waals surface area (Å²) in [7, 11) is 0. The van der Waals surface area contributed by atoms with Crippen molar-refractivity contribution in [3.8, 4) is 0 Å². The van der Waals surface area contributed by atoms with Crippen LogP contribution in [0.3, 0.4) is 0 Å². The van der Waals surface area contributed by atoms with E-state index in [0.29, 0.717) is 5.56 Å². The number of fused-ring (bicyclic) bond motifs is 1. The zero-order chi connectivity index (χ0) is 18.7. The van der Waals surface area contributed by atoms with Crippen molar-refractivity contribution in [3.05, 3.63) is 59.9 Å². The van der Waals surface area contributed by atoms with Gasteiger partial charge in [0.2, 0.25) is 0 Å². The van der Waals surface area contributed by atoms with Crippen LogP contribution in [0.25, 0.3) is 0 Å². The van der Waals surface area contributed by atoms with E-state index in [4.69, 9.17) is 0 Å². The average Bonchev–Trinajstić information content (AvgIpc) is 2.92. The Morgan fingerprint density at radius 3 is 2.62 bits per heavy atom. The fraction of sp³-hybridized carbons (Fsp3) is 0.263. The standard InChI is InChI=1S/C19H20N4O3/c1-12(2)23-15-8-4-3-7-14(15)16(19(23)26)22-18(25)17(24)21-11-13-6-5-9-20-10-13/h3-10,12,16H,11H2,1-2H3,(H,21,24)(H,22,25). The van der Waals surface area contributed by atoms with E-state index in [9.17, 15) is 14.4 Å². The molecule has 3 amide bonds. The number of hydrogen-bond donors (Lipinski definition) is 2. The number of nitrogens with zero attached hydrogens (tertiary/aromatic N) is 2. The molecule has 3 rings (SSSR count). The van der Waals surface area contributed by atoms with Gasteiger partial charge in [-0.15, -0.1) is 0 Å². The topological polar surface area (TPSA) is 91.4 Å². The van der Waals surface area contributed by atoms with E-state index in [1.165, 1.54) is 0 Å². The molecule has 1 aliphatic rings. The lowest BCUT2D eigenvalue weighted by molar-refractivity contribution is -0.140. The number of amides is 3. The molecule has 26 heavy (non-hydrogen) atoms. The molecule has 134 valence electrons. The second-order valence-corrected chi connectivity index (χ2v) is 6.31. The molecule has 0 saturated heterocycles. The summed E-state index contributed by atoms with van der Waals surface area (Å²) in [4.78, 5) is 42.6. The number of hydrogen-bond acceptors (Lipinski definition) is 4. The van der Waals surface area contributed by atoms with Crippen molar-refractivity contribution in [2.75, 3.05) is 4.90 Å². The molecular weight excluding hydrogens is 332 g/mol. The van der Waals surface area contributed by atoms with Gasteiger partial charge in [-0.2, -0.15) is 0 Å². The average molecular weight is 352 g/mol. The van der Waals surface area contributed by atoms with Gasteiger partial charge in [0.1, 0.15) is 6.04 Å². The number of rotatable bonds is 4. The van der Waals surface area contributed by atoms with Crippen LogP contribution >= 0.6 is 0 Å². The van der Waals surface area contributed by atoms with Crippen molar-refractivity contribution in [2.24, 2.45) is 0 Å². The lowest BCUT2D eigenvalue weighted by Crippen LogP contribution is -2.45. The molecule has 0 aliphatic carbocycles. The van der Waals surface area contributed by atoms with Crippen molar-refractivity contribution in [1.29, 1.82) is 0 Å². The third-order valence-electron chi connectivity index (χ3n) is 4.17. The van der Waals surface area contributed by atoms with E-state index >= 15 is 0 Å². The summed E-state index contributed by atoms with van der Waals surface area (Å²) in [6.07, 6.45) is 3.23. The molecule has 1 atom stereocenters. The Morgan fingerprint density at radius 1 is 1.15 bits per heavy atom. The van der Waals surface area contributed by atoms with Gasteiger partial charge in [0.25, 0.3) is 5.91 Å². The number of pyridine rings is 1. The van der Waals surface area contributed by atoms with E-state index in [1.54, 1.807) is 41.6 Å². The summed E-state index contributed by atoms with van der Waals surface area (Å²) in [5.74, 6) is -1.87. The normalized spacial score (nSPS) is 15.7. The number of anilines is 1. The van der Waals surface area contributed by atoms with Crippen LogP contribution in [0.5, 0.6) is 0 Å². The maximum absolute atomic E-state index is 12.7. The van der Waals surface area contributed by atoms with E-state index in [1.807, 2.05) is 26.0 Å². The van der Waals surface area contributed by atoms with Crippen LogP contribution in [0.4, 0.5) is 5.69 Å². The van der Waals surface area contributed by atoms with Crippen molar-refractivity contribution in [2.45, 2.75) is 32.5 Å². The summed E-state index contributed by atoms with van der Waals surface area (Å²) >= 11 is 0. The SMILES string of the molecule is CC(C)N1C(=O)C(NC(=O)C(=O)NCc2cccnc2)c2ccccc21. The highest BCUT2D eigenvalue weighted by Gasteiger charge is 2.39. The summed E-state index contributed by atoms with van der Waals surface area (Å²) < 4.78 is 0. The number of benzene rings is 1. The third kappa shape index (κ3) is 3.42. The summed E-state index contributed by atoms with van der Waals surface area (Å²) in [6.45, 7) is 3.99. The Balaban J connectivity index is 1.69. The van der Waals surface area contributed by atoms with Gasteiger partial charge < -0.3 is 15.5 Å².